The molecular formula is C23H21ClN4O3S2. The number of hydrogen-bond acceptors (Lipinski definition) is 7. The number of aryl methyl sites for hydroxylation is 1. The van der Waals surface area contributed by atoms with Crippen LogP contribution in [0.5, 0.6) is 0 Å². The van der Waals surface area contributed by atoms with E-state index < -0.39 is 10.1 Å². The van der Waals surface area contributed by atoms with E-state index in [4.69, 9.17) is 11.6 Å². The summed E-state index contributed by atoms with van der Waals surface area (Å²) in [4.78, 5) is 6.42. The van der Waals surface area contributed by atoms with Crippen molar-refractivity contribution in [3.05, 3.63) is 76.8 Å². The molecule has 0 amide bonds. The molecule has 0 saturated heterocycles. The molecule has 0 unspecified atom stereocenters. The van der Waals surface area contributed by atoms with Gasteiger partial charge in [0.1, 0.15) is 0 Å². The third-order valence-corrected chi connectivity index (χ3v) is 7.24. The summed E-state index contributed by atoms with van der Waals surface area (Å²) < 4.78 is 32.5. The van der Waals surface area contributed by atoms with Gasteiger partial charge >= 0.3 is 0 Å². The molecular weight excluding hydrogens is 480 g/mol. The molecule has 10 heteroatoms. The van der Waals surface area contributed by atoms with Gasteiger partial charge in [0, 0.05) is 23.8 Å². The number of nitrogens with zero attached hydrogens (tertiary/aromatic N) is 4. The van der Waals surface area contributed by atoms with E-state index in [9.17, 15) is 13.0 Å². The minimum Gasteiger partial charge on any atom is -0.367 e. The Morgan fingerprint density at radius 1 is 1.09 bits per heavy atom. The lowest BCUT2D eigenvalue weighted by Gasteiger charge is -2.25. The second-order valence-electron chi connectivity index (χ2n) is 7.38. The fourth-order valence-electron chi connectivity index (χ4n) is 3.45. The van der Waals surface area contributed by atoms with Gasteiger partial charge in [-0.15, -0.1) is 10.2 Å². The molecule has 0 radical (unpaired) electrons. The second kappa shape index (κ2) is 9.56. The third kappa shape index (κ3) is 5.39. The molecule has 0 aliphatic heterocycles. The van der Waals surface area contributed by atoms with Crippen LogP contribution in [0.25, 0.3) is 10.2 Å². The lowest BCUT2D eigenvalue weighted by Crippen LogP contribution is -2.22. The number of thiazole rings is 1. The molecule has 170 valence electrons. The molecule has 3 aromatic carbocycles. The Morgan fingerprint density at radius 2 is 1.88 bits per heavy atom. The Kier molecular flexibility index (Phi) is 6.76. The van der Waals surface area contributed by atoms with Crippen LogP contribution in [0.2, 0.25) is 5.02 Å². The molecule has 0 spiro atoms. The fraction of sp³-hybridized carbons (Fsp3) is 0.174. The maximum Gasteiger partial charge on any atom is 0.294 e. The first-order valence-electron chi connectivity index (χ1n) is 10.1. The summed E-state index contributed by atoms with van der Waals surface area (Å²) in [6.45, 7) is 5.65. The first kappa shape index (κ1) is 23.3. The maximum atomic E-state index is 11.3. The van der Waals surface area contributed by atoms with Crippen LogP contribution < -0.4 is 4.90 Å². The zero-order valence-corrected chi connectivity index (χ0v) is 20.3. The number of hydrogen-bond donors (Lipinski definition) is 1. The summed E-state index contributed by atoms with van der Waals surface area (Å²) in [5, 5.41) is 9.65. The predicted octanol–water partition coefficient (Wildman–Crippen LogP) is 6.95. The minimum atomic E-state index is -4.27. The van der Waals surface area contributed by atoms with Gasteiger partial charge in [0.2, 0.25) is 5.13 Å². The van der Waals surface area contributed by atoms with E-state index in [1.54, 1.807) is 0 Å². The monoisotopic (exact) mass is 500 g/mol. The van der Waals surface area contributed by atoms with Gasteiger partial charge in [0.25, 0.3) is 10.1 Å². The van der Waals surface area contributed by atoms with Gasteiger partial charge in [0.05, 0.1) is 20.8 Å². The van der Waals surface area contributed by atoms with Crippen molar-refractivity contribution in [2.24, 2.45) is 10.2 Å². The summed E-state index contributed by atoms with van der Waals surface area (Å²) in [5.74, 6) is 0. The molecule has 0 saturated carbocycles. The number of azo groups is 1. The molecule has 0 aliphatic carbocycles. The Morgan fingerprint density at radius 3 is 2.58 bits per heavy atom. The van der Waals surface area contributed by atoms with E-state index in [1.165, 1.54) is 29.5 Å². The topological polar surface area (TPSA) is 95.2 Å². The molecule has 0 fully saturated rings. The number of anilines is 1. The maximum absolute atomic E-state index is 11.3. The van der Waals surface area contributed by atoms with E-state index in [1.807, 2.05) is 49.4 Å². The fourth-order valence-corrected chi connectivity index (χ4v) is 5.06. The van der Waals surface area contributed by atoms with Gasteiger partial charge < -0.3 is 4.90 Å². The SMILES string of the molecule is CCN(Cc1ccccc1Cl)c1ccc(N=Nc2nc3ccc(S(=O)(=O)O)cc3s2)cc1C. The normalized spacial score (nSPS) is 12.0. The Hall–Kier alpha value is -2.85. The zero-order chi connectivity index (χ0) is 23.6. The number of halogens is 1. The first-order chi connectivity index (χ1) is 15.7. The highest BCUT2D eigenvalue weighted by Gasteiger charge is 2.13. The number of benzene rings is 3. The highest BCUT2D eigenvalue weighted by atomic mass is 35.5. The summed E-state index contributed by atoms with van der Waals surface area (Å²) in [5.41, 5.74) is 4.49. The van der Waals surface area contributed by atoms with Crippen LogP contribution in [0.15, 0.2) is 75.8 Å². The lowest BCUT2D eigenvalue weighted by atomic mass is 10.1. The van der Waals surface area contributed by atoms with Gasteiger partial charge in [-0.25, -0.2) is 4.98 Å². The van der Waals surface area contributed by atoms with Crippen LogP contribution in [-0.2, 0) is 16.7 Å². The van der Waals surface area contributed by atoms with Gasteiger partial charge in [-0.2, -0.15) is 8.42 Å². The second-order valence-corrected chi connectivity index (χ2v) is 10.2. The number of fused-ring (bicyclic) bond motifs is 1. The van der Waals surface area contributed by atoms with E-state index in [2.05, 4.69) is 27.0 Å². The number of aromatic nitrogens is 1. The van der Waals surface area contributed by atoms with E-state index in [0.29, 0.717) is 27.6 Å². The molecule has 1 heterocycles. The van der Waals surface area contributed by atoms with Crippen LogP contribution in [0.3, 0.4) is 0 Å². The van der Waals surface area contributed by atoms with Crippen LogP contribution in [0.4, 0.5) is 16.5 Å². The summed E-state index contributed by atoms with van der Waals surface area (Å²) in [7, 11) is -4.27. The molecule has 0 bridgehead atoms. The van der Waals surface area contributed by atoms with Crippen molar-refractivity contribution >= 4 is 59.8 Å². The highest BCUT2D eigenvalue weighted by molar-refractivity contribution is 7.85. The molecule has 0 aliphatic rings. The molecule has 1 aromatic heterocycles. The van der Waals surface area contributed by atoms with Gasteiger partial charge in [-0.05, 0) is 67.4 Å². The molecule has 1 N–H and O–H groups in total. The zero-order valence-electron chi connectivity index (χ0n) is 17.9. The molecule has 7 nitrogen and oxygen atoms in total. The van der Waals surface area contributed by atoms with E-state index >= 15 is 0 Å². The molecule has 4 aromatic rings. The van der Waals surface area contributed by atoms with Crippen LogP contribution >= 0.6 is 22.9 Å². The van der Waals surface area contributed by atoms with Crippen molar-refractivity contribution in [3.63, 3.8) is 0 Å². The number of rotatable bonds is 7. The van der Waals surface area contributed by atoms with Crippen molar-refractivity contribution in [2.45, 2.75) is 25.3 Å². The first-order valence-corrected chi connectivity index (χ1v) is 12.8. The van der Waals surface area contributed by atoms with Crippen molar-refractivity contribution in [3.8, 4) is 0 Å². The van der Waals surface area contributed by atoms with Crippen molar-refractivity contribution in [2.75, 3.05) is 11.4 Å². The summed E-state index contributed by atoms with van der Waals surface area (Å²) in [6.07, 6.45) is 0. The molecule has 0 atom stereocenters. The van der Waals surface area contributed by atoms with Crippen LogP contribution in [0.1, 0.15) is 18.1 Å². The van der Waals surface area contributed by atoms with Gasteiger partial charge in [0.15, 0.2) is 0 Å². The minimum absolute atomic E-state index is 0.175. The Bertz CT molecular complexity index is 1450. The van der Waals surface area contributed by atoms with Gasteiger partial charge in [-0.1, -0.05) is 41.1 Å². The summed E-state index contributed by atoms with van der Waals surface area (Å²) >= 11 is 7.53. The smallest absolute Gasteiger partial charge is 0.294 e. The molecule has 33 heavy (non-hydrogen) atoms. The summed E-state index contributed by atoms with van der Waals surface area (Å²) in [6, 6.07) is 17.9. The van der Waals surface area contributed by atoms with Gasteiger partial charge in [-0.3, -0.25) is 4.55 Å². The quantitative estimate of drug-likeness (QED) is 0.219. The predicted molar refractivity (Wildman–Crippen MR) is 133 cm³/mol. The lowest BCUT2D eigenvalue weighted by molar-refractivity contribution is 0.483. The van der Waals surface area contributed by atoms with E-state index in [0.717, 1.165) is 28.4 Å². The van der Waals surface area contributed by atoms with Crippen molar-refractivity contribution < 1.29 is 13.0 Å². The molecule has 4 rings (SSSR count). The Labute approximate surface area is 201 Å². The van der Waals surface area contributed by atoms with Crippen molar-refractivity contribution in [1.82, 2.24) is 4.98 Å². The standard InChI is InChI=1S/C23H21ClN4O3S2/c1-3-28(14-16-6-4-5-7-19(16)24)21-11-8-17(12-15(21)2)26-27-23-25-20-10-9-18(33(29,30)31)13-22(20)32-23/h4-13H,3,14H2,1-2H3,(H,29,30,31). The average Bonchev–Trinajstić information content (AvgIpc) is 3.19. The largest absolute Gasteiger partial charge is 0.367 e. The highest BCUT2D eigenvalue weighted by Crippen LogP contribution is 2.32. The average molecular weight is 501 g/mol. The third-order valence-electron chi connectivity index (χ3n) is 5.12. The van der Waals surface area contributed by atoms with Crippen LogP contribution in [-0.4, -0.2) is 24.5 Å². The van der Waals surface area contributed by atoms with E-state index in [-0.39, 0.29) is 4.90 Å². The van der Waals surface area contributed by atoms with Crippen molar-refractivity contribution in [1.29, 1.82) is 0 Å². The van der Waals surface area contributed by atoms with Crippen LogP contribution in [0, 0.1) is 6.92 Å². The Balaban J connectivity index is 1.54.